The van der Waals surface area contributed by atoms with Gasteiger partial charge >= 0.3 is 5.69 Å². The first-order valence-electron chi connectivity index (χ1n) is 8.08. The maximum Gasteiger partial charge on any atom is 0.354 e. The van der Waals surface area contributed by atoms with Gasteiger partial charge in [-0.25, -0.2) is 9.18 Å². The average molecular weight is 376 g/mol. The van der Waals surface area contributed by atoms with Crippen LogP contribution in [0.25, 0.3) is 16.6 Å². The maximum atomic E-state index is 14.9. The van der Waals surface area contributed by atoms with E-state index in [0.29, 0.717) is 22.3 Å². The third-order valence-corrected chi connectivity index (χ3v) is 5.57. The lowest BCUT2D eigenvalue weighted by Crippen LogP contribution is -2.44. The zero-order valence-electron chi connectivity index (χ0n) is 14.0. The summed E-state index contributed by atoms with van der Waals surface area (Å²) >= 11 is 1.41. The van der Waals surface area contributed by atoms with Crippen LogP contribution in [0.5, 0.6) is 5.75 Å². The van der Waals surface area contributed by atoms with Crippen LogP contribution in [0.4, 0.5) is 4.39 Å². The van der Waals surface area contributed by atoms with E-state index < -0.39 is 17.1 Å². The second kappa shape index (κ2) is 5.96. The van der Waals surface area contributed by atoms with Crippen LogP contribution < -0.4 is 27.6 Å². The van der Waals surface area contributed by atoms with Gasteiger partial charge in [-0.05, 0) is 35.8 Å². The summed E-state index contributed by atoms with van der Waals surface area (Å²) in [5, 5.41) is 1.78. The Kier molecular flexibility index (Phi) is 3.85. The molecule has 3 aromatic rings. The summed E-state index contributed by atoms with van der Waals surface area (Å²) in [6.45, 7) is 0.340. The van der Waals surface area contributed by atoms with Gasteiger partial charge < -0.3 is 16.3 Å². The molecule has 26 heavy (non-hydrogen) atoms. The molecule has 0 amide bonds. The molecule has 1 aliphatic carbocycles. The molecule has 3 heterocycles. The number of ether oxygens (including phenoxy) is 1. The van der Waals surface area contributed by atoms with Gasteiger partial charge in [0.15, 0.2) is 11.6 Å². The average Bonchev–Trinajstić information content (AvgIpc) is 3.36. The number of hydrogen-bond acceptors (Lipinski definition) is 6. The van der Waals surface area contributed by atoms with Gasteiger partial charge in [0.1, 0.15) is 5.52 Å². The van der Waals surface area contributed by atoms with E-state index in [-0.39, 0.29) is 22.7 Å². The maximum absolute atomic E-state index is 14.9. The number of halogens is 1. The topological polar surface area (TPSA) is 105 Å². The fraction of sp³-hybridized carbons (Fsp3) is 0.294. The van der Waals surface area contributed by atoms with Crippen LogP contribution in [0.3, 0.4) is 0 Å². The Morgan fingerprint density at radius 3 is 2.69 bits per heavy atom. The summed E-state index contributed by atoms with van der Waals surface area (Å²) < 4.78 is 22.0. The largest absolute Gasteiger partial charge is 0.494 e. The minimum absolute atomic E-state index is 0.0119. The smallest absolute Gasteiger partial charge is 0.354 e. The number of nitrogens with zero attached hydrogens (tertiary/aromatic N) is 2. The number of thiophene rings is 1. The first-order valence-corrected chi connectivity index (χ1v) is 8.96. The SMILES string of the molecule is COc1c(-c2csc(CN)c2)c(F)cn2c(=O)n(N)c(=O)c(C3CC3)c12. The molecule has 0 unspecified atom stereocenters. The van der Waals surface area contributed by atoms with Crippen molar-refractivity contribution in [2.45, 2.75) is 25.3 Å². The lowest BCUT2D eigenvalue weighted by molar-refractivity contribution is 0.414. The number of methoxy groups -OCH3 is 1. The predicted octanol–water partition coefficient (Wildman–Crippen LogP) is 1.39. The molecule has 1 saturated carbocycles. The normalized spacial score (nSPS) is 14.1. The van der Waals surface area contributed by atoms with Gasteiger partial charge in [0.25, 0.3) is 5.56 Å². The van der Waals surface area contributed by atoms with Gasteiger partial charge in [-0.3, -0.25) is 9.20 Å². The van der Waals surface area contributed by atoms with Crippen molar-refractivity contribution in [3.8, 4) is 16.9 Å². The molecule has 136 valence electrons. The minimum Gasteiger partial charge on any atom is -0.494 e. The molecule has 4 N–H and O–H groups in total. The van der Waals surface area contributed by atoms with Crippen LogP contribution >= 0.6 is 11.3 Å². The molecular weight excluding hydrogens is 359 g/mol. The molecule has 0 saturated heterocycles. The second-order valence-electron chi connectivity index (χ2n) is 6.26. The highest BCUT2D eigenvalue weighted by molar-refractivity contribution is 7.10. The van der Waals surface area contributed by atoms with Crippen molar-refractivity contribution >= 4 is 16.9 Å². The third kappa shape index (κ3) is 2.35. The summed E-state index contributed by atoms with van der Waals surface area (Å²) in [5.41, 5.74) is 5.74. The molecule has 0 radical (unpaired) electrons. The number of hydrogen-bond donors (Lipinski definition) is 2. The molecular formula is C17H17FN4O3S. The standard InChI is InChI=1S/C17H17FN4O3S/c1-25-15-12(9-4-10(5-19)26-7-9)11(18)6-21-14(15)13(8-2-3-8)16(23)22(20)17(21)24/h4,6-8H,2-3,5,19-20H2,1H3. The van der Waals surface area contributed by atoms with Crippen molar-refractivity contribution in [1.29, 1.82) is 0 Å². The van der Waals surface area contributed by atoms with Crippen LogP contribution in [0.15, 0.2) is 27.2 Å². The lowest BCUT2D eigenvalue weighted by Gasteiger charge is -2.16. The van der Waals surface area contributed by atoms with Crippen LogP contribution in [0.1, 0.15) is 29.2 Å². The van der Waals surface area contributed by atoms with Crippen molar-refractivity contribution in [2.75, 3.05) is 13.0 Å². The highest BCUT2D eigenvalue weighted by Gasteiger charge is 2.33. The molecule has 0 atom stereocenters. The zero-order chi connectivity index (χ0) is 18.6. The number of nitrogens with two attached hydrogens (primary N) is 2. The lowest BCUT2D eigenvalue weighted by atomic mass is 10.0. The number of rotatable bonds is 4. The van der Waals surface area contributed by atoms with Crippen molar-refractivity contribution in [3.63, 3.8) is 0 Å². The summed E-state index contributed by atoms with van der Waals surface area (Å²) in [6.07, 6.45) is 2.69. The molecule has 1 fully saturated rings. The molecule has 9 heteroatoms. The molecule has 7 nitrogen and oxygen atoms in total. The Morgan fingerprint density at radius 2 is 2.12 bits per heavy atom. The quantitative estimate of drug-likeness (QED) is 0.670. The van der Waals surface area contributed by atoms with Crippen molar-refractivity contribution in [3.05, 3.63) is 54.7 Å². The van der Waals surface area contributed by atoms with Crippen LogP contribution in [0, 0.1) is 5.82 Å². The Balaban J connectivity index is 2.17. The molecule has 0 bridgehead atoms. The molecule has 0 spiro atoms. The van der Waals surface area contributed by atoms with E-state index in [1.165, 1.54) is 18.4 Å². The Hall–Kier alpha value is -2.65. The Labute approximate surface area is 151 Å². The molecule has 4 rings (SSSR count). The van der Waals surface area contributed by atoms with Gasteiger partial charge in [0, 0.05) is 11.4 Å². The Bertz CT molecular complexity index is 1140. The number of pyridine rings is 1. The van der Waals surface area contributed by atoms with Crippen molar-refractivity contribution in [1.82, 2.24) is 9.08 Å². The summed E-state index contributed by atoms with van der Waals surface area (Å²) in [7, 11) is 1.39. The second-order valence-corrected chi connectivity index (χ2v) is 7.25. The first-order chi connectivity index (χ1) is 12.5. The van der Waals surface area contributed by atoms with Crippen LogP contribution in [-0.2, 0) is 6.54 Å². The molecule has 3 aromatic heterocycles. The van der Waals surface area contributed by atoms with E-state index in [1.807, 2.05) is 0 Å². The van der Waals surface area contributed by atoms with Crippen LogP contribution in [0.2, 0.25) is 0 Å². The third-order valence-electron chi connectivity index (χ3n) is 4.61. The van der Waals surface area contributed by atoms with Gasteiger partial charge in [0.05, 0.1) is 24.4 Å². The van der Waals surface area contributed by atoms with Crippen molar-refractivity contribution < 1.29 is 9.13 Å². The first kappa shape index (κ1) is 16.8. The summed E-state index contributed by atoms with van der Waals surface area (Å²) in [4.78, 5) is 25.9. The summed E-state index contributed by atoms with van der Waals surface area (Å²) in [6, 6.07) is 1.78. The van der Waals surface area contributed by atoms with E-state index in [2.05, 4.69) is 0 Å². The fourth-order valence-corrected chi connectivity index (χ4v) is 4.00. The monoisotopic (exact) mass is 376 g/mol. The van der Waals surface area contributed by atoms with Gasteiger partial charge in [0.2, 0.25) is 0 Å². The highest BCUT2D eigenvalue weighted by atomic mass is 32.1. The molecule has 1 aliphatic rings. The number of fused-ring (bicyclic) bond motifs is 1. The Morgan fingerprint density at radius 1 is 1.38 bits per heavy atom. The summed E-state index contributed by atoms with van der Waals surface area (Å²) in [5.74, 6) is 5.13. The molecule has 0 aliphatic heterocycles. The number of nitrogen functional groups attached to an aromatic ring is 1. The van der Waals surface area contributed by atoms with E-state index in [4.69, 9.17) is 16.3 Å². The highest BCUT2D eigenvalue weighted by Crippen LogP contribution is 2.45. The zero-order valence-corrected chi connectivity index (χ0v) is 14.8. The van der Waals surface area contributed by atoms with E-state index >= 15 is 0 Å². The molecule has 0 aromatic carbocycles. The van der Waals surface area contributed by atoms with Crippen molar-refractivity contribution in [2.24, 2.45) is 5.73 Å². The fourth-order valence-electron chi connectivity index (χ4n) is 3.24. The van der Waals surface area contributed by atoms with E-state index in [9.17, 15) is 14.0 Å². The number of aromatic nitrogens is 2. The van der Waals surface area contributed by atoms with Gasteiger partial charge in [-0.2, -0.15) is 4.68 Å². The van der Waals surface area contributed by atoms with Gasteiger partial charge in [-0.15, -0.1) is 11.3 Å². The van der Waals surface area contributed by atoms with Crippen LogP contribution in [-0.4, -0.2) is 16.2 Å². The van der Waals surface area contributed by atoms with Gasteiger partial charge in [-0.1, -0.05) is 0 Å². The predicted molar refractivity (Wildman–Crippen MR) is 97.8 cm³/mol. The van der Waals surface area contributed by atoms with E-state index in [1.54, 1.807) is 11.4 Å². The van der Waals surface area contributed by atoms with E-state index in [0.717, 1.165) is 28.3 Å². The minimum atomic E-state index is -0.814.